The first-order chi connectivity index (χ1) is 15.7. The molecule has 4 rings (SSSR count). The van der Waals surface area contributed by atoms with E-state index in [2.05, 4.69) is 25.3 Å². The fraction of sp³-hybridized carbons (Fsp3) is 0.409. The van der Waals surface area contributed by atoms with E-state index in [1.54, 1.807) is 6.92 Å². The highest BCUT2D eigenvalue weighted by molar-refractivity contribution is 5.94. The molecule has 0 aromatic carbocycles. The maximum atomic E-state index is 13.2. The van der Waals surface area contributed by atoms with E-state index < -0.39 is 11.7 Å². The lowest BCUT2D eigenvalue weighted by Crippen LogP contribution is -2.41. The summed E-state index contributed by atoms with van der Waals surface area (Å²) in [7, 11) is 0. The maximum absolute atomic E-state index is 13.2. The number of nitrogens with one attached hydrogen (secondary N) is 2. The predicted molar refractivity (Wildman–Crippen MR) is 115 cm³/mol. The van der Waals surface area contributed by atoms with Crippen molar-refractivity contribution in [3.05, 3.63) is 35.8 Å². The molecule has 1 aliphatic heterocycles. The molecule has 3 aromatic heterocycles. The Hall–Kier alpha value is -3.68. The minimum atomic E-state index is -4.54. The van der Waals surface area contributed by atoms with Crippen LogP contribution in [0, 0.1) is 17.2 Å². The summed E-state index contributed by atoms with van der Waals surface area (Å²) in [5, 5.41) is 13.0. The van der Waals surface area contributed by atoms with Crippen LogP contribution < -0.4 is 5.32 Å². The highest BCUT2D eigenvalue weighted by Crippen LogP contribution is 2.35. The third kappa shape index (κ3) is 4.60. The Balaban J connectivity index is 1.62. The average Bonchev–Trinajstić information content (AvgIpc) is 3.21. The van der Waals surface area contributed by atoms with Crippen LogP contribution in [0.25, 0.3) is 22.3 Å². The summed E-state index contributed by atoms with van der Waals surface area (Å²) in [6.45, 7) is 4.94. The number of hydrogen-bond acceptors (Lipinski definition) is 6. The molecular formula is C22H22F3N7O. The number of carbonyl (C=O) groups excluding carboxylic acids is 1. The number of rotatable bonds is 4. The number of amides is 1. The fourth-order valence-electron chi connectivity index (χ4n) is 4.13. The molecule has 172 valence electrons. The van der Waals surface area contributed by atoms with Crippen molar-refractivity contribution in [1.29, 1.82) is 5.26 Å². The predicted octanol–water partition coefficient (Wildman–Crippen LogP) is 3.97. The fourth-order valence-corrected chi connectivity index (χ4v) is 4.13. The van der Waals surface area contributed by atoms with Crippen LogP contribution in [0.15, 0.2) is 24.7 Å². The van der Waals surface area contributed by atoms with Gasteiger partial charge in [0.25, 0.3) is 0 Å². The molecule has 4 heterocycles. The summed E-state index contributed by atoms with van der Waals surface area (Å²) in [6, 6.07) is 3.00. The molecule has 0 bridgehead atoms. The molecule has 8 nitrogen and oxygen atoms in total. The van der Waals surface area contributed by atoms with Gasteiger partial charge in [0.05, 0.1) is 23.0 Å². The second kappa shape index (κ2) is 8.69. The number of halogens is 3. The number of pyridine rings is 1. The van der Waals surface area contributed by atoms with Crippen molar-refractivity contribution in [1.82, 2.24) is 24.8 Å². The van der Waals surface area contributed by atoms with Crippen molar-refractivity contribution in [2.75, 3.05) is 18.4 Å². The number of fused-ring (bicyclic) bond motifs is 1. The molecule has 1 fully saturated rings. The number of piperidine rings is 1. The number of aromatic nitrogens is 4. The van der Waals surface area contributed by atoms with E-state index in [1.807, 2.05) is 17.9 Å². The number of H-pyrrole nitrogens is 1. The summed E-state index contributed by atoms with van der Waals surface area (Å²) in [6.07, 6.45) is 0.747. The van der Waals surface area contributed by atoms with Crippen molar-refractivity contribution in [3.8, 4) is 17.3 Å². The first kappa shape index (κ1) is 22.5. The van der Waals surface area contributed by atoms with E-state index in [0.29, 0.717) is 24.6 Å². The van der Waals surface area contributed by atoms with E-state index >= 15 is 0 Å². The van der Waals surface area contributed by atoms with Crippen molar-refractivity contribution in [2.45, 2.75) is 38.9 Å². The van der Waals surface area contributed by atoms with E-state index in [0.717, 1.165) is 25.1 Å². The summed E-state index contributed by atoms with van der Waals surface area (Å²) < 4.78 is 39.6. The van der Waals surface area contributed by atoms with Crippen molar-refractivity contribution in [2.24, 2.45) is 5.92 Å². The van der Waals surface area contributed by atoms with Gasteiger partial charge < -0.3 is 15.2 Å². The van der Waals surface area contributed by atoms with Gasteiger partial charge in [-0.2, -0.15) is 18.4 Å². The van der Waals surface area contributed by atoms with Crippen molar-refractivity contribution in [3.63, 3.8) is 0 Å². The van der Waals surface area contributed by atoms with Gasteiger partial charge in [0, 0.05) is 49.4 Å². The lowest BCUT2D eigenvalue weighted by molar-refractivity contribution is -0.137. The molecule has 11 heteroatoms. The van der Waals surface area contributed by atoms with Crippen LogP contribution in [0.5, 0.6) is 0 Å². The summed E-state index contributed by atoms with van der Waals surface area (Å²) in [5.41, 5.74) is 0.0863. The number of carbonyl (C=O) groups is 1. The van der Waals surface area contributed by atoms with Gasteiger partial charge in [-0.05, 0) is 31.7 Å². The zero-order valence-electron chi connectivity index (χ0n) is 18.1. The van der Waals surface area contributed by atoms with Gasteiger partial charge in [-0.3, -0.25) is 4.79 Å². The molecule has 3 aromatic rings. The van der Waals surface area contributed by atoms with Crippen LogP contribution >= 0.6 is 0 Å². The first-order valence-corrected chi connectivity index (χ1v) is 10.5. The molecule has 0 saturated carbocycles. The number of nitriles is 1. The quantitative estimate of drug-likeness (QED) is 0.613. The monoisotopic (exact) mass is 457 g/mol. The van der Waals surface area contributed by atoms with Crippen LogP contribution in [0.4, 0.5) is 19.1 Å². The van der Waals surface area contributed by atoms with Crippen LogP contribution in [-0.2, 0) is 11.0 Å². The minimum absolute atomic E-state index is 0.00126. The zero-order valence-corrected chi connectivity index (χ0v) is 18.1. The Bertz CT molecular complexity index is 1220. The summed E-state index contributed by atoms with van der Waals surface area (Å²) in [4.78, 5) is 28.7. The Morgan fingerprint density at radius 3 is 2.67 bits per heavy atom. The Labute approximate surface area is 187 Å². The Kier molecular flexibility index (Phi) is 5.93. The Morgan fingerprint density at radius 2 is 2.03 bits per heavy atom. The minimum Gasteiger partial charge on any atom is -0.351 e. The number of nitrogens with zero attached hydrogens (tertiary/aromatic N) is 5. The normalized spacial score (nSPS) is 15.9. The topological polar surface area (TPSA) is 111 Å². The van der Waals surface area contributed by atoms with Gasteiger partial charge in [0.1, 0.15) is 11.7 Å². The average molecular weight is 457 g/mol. The largest absolute Gasteiger partial charge is 0.417 e. The third-order valence-electron chi connectivity index (χ3n) is 6.07. The number of anilines is 1. The standard InChI is InChI=1S/C22H22F3N7O/c1-12(14-3-5-32(6-4-14)13(2)33)30-21-29-9-15(8-26)19(31-21)18-11-28-20-17(18)7-16(10-27-20)22(23,24)25/h7,9-12,14H,3-6H2,1-2H3,(H,27,28)(H,29,30,31)/t12-/m1/s1. The molecule has 1 aliphatic rings. The molecule has 2 N–H and O–H groups in total. The zero-order chi connectivity index (χ0) is 23.8. The molecule has 1 atom stereocenters. The van der Waals surface area contributed by atoms with Gasteiger partial charge in [-0.15, -0.1) is 0 Å². The lowest BCUT2D eigenvalue weighted by Gasteiger charge is -2.34. The molecule has 0 aliphatic carbocycles. The number of likely N-dealkylation sites (tertiary alicyclic amines) is 1. The van der Waals surface area contributed by atoms with Crippen LogP contribution in [-0.4, -0.2) is 49.9 Å². The lowest BCUT2D eigenvalue weighted by atomic mass is 9.90. The van der Waals surface area contributed by atoms with E-state index in [9.17, 15) is 23.2 Å². The van der Waals surface area contributed by atoms with E-state index in [1.165, 1.54) is 12.4 Å². The smallest absolute Gasteiger partial charge is 0.351 e. The molecule has 0 spiro atoms. The molecule has 0 unspecified atom stereocenters. The third-order valence-corrected chi connectivity index (χ3v) is 6.07. The van der Waals surface area contributed by atoms with Gasteiger partial charge in [0.2, 0.25) is 11.9 Å². The number of hydrogen-bond donors (Lipinski definition) is 2. The maximum Gasteiger partial charge on any atom is 0.417 e. The first-order valence-electron chi connectivity index (χ1n) is 10.5. The van der Waals surface area contributed by atoms with E-state index in [-0.39, 0.29) is 40.2 Å². The molecule has 33 heavy (non-hydrogen) atoms. The second-order valence-corrected chi connectivity index (χ2v) is 8.16. The highest BCUT2D eigenvalue weighted by atomic mass is 19.4. The highest BCUT2D eigenvalue weighted by Gasteiger charge is 2.32. The summed E-state index contributed by atoms with van der Waals surface area (Å²) >= 11 is 0. The van der Waals surface area contributed by atoms with Gasteiger partial charge in [-0.25, -0.2) is 15.0 Å². The van der Waals surface area contributed by atoms with Crippen LogP contribution in [0.3, 0.4) is 0 Å². The number of alkyl halides is 3. The second-order valence-electron chi connectivity index (χ2n) is 8.16. The molecular weight excluding hydrogens is 435 g/mol. The summed E-state index contributed by atoms with van der Waals surface area (Å²) in [5.74, 6) is 0.644. The van der Waals surface area contributed by atoms with Crippen LogP contribution in [0.2, 0.25) is 0 Å². The van der Waals surface area contributed by atoms with Crippen LogP contribution in [0.1, 0.15) is 37.8 Å². The van der Waals surface area contributed by atoms with Gasteiger partial charge >= 0.3 is 6.18 Å². The molecule has 1 saturated heterocycles. The van der Waals surface area contributed by atoms with E-state index in [4.69, 9.17) is 0 Å². The van der Waals surface area contributed by atoms with Crippen molar-refractivity contribution < 1.29 is 18.0 Å². The van der Waals surface area contributed by atoms with Gasteiger partial charge in [0.15, 0.2) is 0 Å². The SMILES string of the molecule is CC(=O)N1CCC([C@@H](C)Nc2ncc(C#N)c(-c3c[nH]c4ncc(C(F)(F)F)cc34)n2)CC1. The molecule has 0 radical (unpaired) electrons. The molecule has 1 amide bonds. The van der Waals surface area contributed by atoms with Crippen molar-refractivity contribution >= 4 is 22.9 Å². The Morgan fingerprint density at radius 1 is 1.30 bits per heavy atom. The van der Waals surface area contributed by atoms with Gasteiger partial charge in [-0.1, -0.05) is 0 Å². The number of aromatic amines is 1.